The highest BCUT2D eigenvalue weighted by atomic mass is 16.3. The third kappa shape index (κ3) is 6.79. The molecule has 1 nitrogen and oxygen atoms in total. The van der Waals surface area contributed by atoms with Gasteiger partial charge >= 0.3 is 0 Å². The molecule has 0 aliphatic heterocycles. The lowest BCUT2D eigenvalue weighted by Crippen LogP contribution is -2.35. The fourth-order valence-electron chi connectivity index (χ4n) is 3.51. The van der Waals surface area contributed by atoms with Gasteiger partial charge in [0.05, 0.1) is 5.60 Å². The van der Waals surface area contributed by atoms with Crippen LogP contribution in [0.25, 0.3) is 0 Å². The number of hydrogen-bond acceptors (Lipinski definition) is 1. The van der Waals surface area contributed by atoms with Crippen molar-refractivity contribution < 1.29 is 5.11 Å². The molecule has 0 radical (unpaired) electrons. The molecular formula is C18H36O. The van der Waals surface area contributed by atoms with Crippen LogP contribution in [0.3, 0.4) is 0 Å². The SMILES string of the molecule is CCCCCCCCCC1(O)CCC(C(C)C)CC1. The molecule has 1 fully saturated rings. The van der Waals surface area contributed by atoms with Crippen molar-refractivity contribution in [3.8, 4) is 0 Å². The van der Waals surface area contributed by atoms with Crippen LogP contribution in [0.4, 0.5) is 0 Å². The Hall–Kier alpha value is -0.0400. The van der Waals surface area contributed by atoms with Crippen molar-refractivity contribution in [3.05, 3.63) is 0 Å². The van der Waals surface area contributed by atoms with E-state index in [9.17, 15) is 5.11 Å². The van der Waals surface area contributed by atoms with Crippen LogP contribution in [0.5, 0.6) is 0 Å². The quantitative estimate of drug-likeness (QED) is 0.531. The Morgan fingerprint density at radius 3 is 2.00 bits per heavy atom. The second kappa shape index (κ2) is 9.00. The third-order valence-electron chi connectivity index (χ3n) is 5.15. The van der Waals surface area contributed by atoms with E-state index in [0.29, 0.717) is 0 Å². The van der Waals surface area contributed by atoms with Crippen LogP contribution in [0.2, 0.25) is 0 Å². The minimum Gasteiger partial charge on any atom is -0.390 e. The summed E-state index contributed by atoms with van der Waals surface area (Å²) in [5.41, 5.74) is -0.311. The fraction of sp³-hybridized carbons (Fsp3) is 1.00. The zero-order valence-corrected chi connectivity index (χ0v) is 13.6. The van der Waals surface area contributed by atoms with Gasteiger partial charge in [-0.2, -0.15) is 0 Å². The molecule has 1 N–H and O–H groups in total. The Labute approximate surface area is 121 Å². The molecule has 0 spiro atoms. The molecule has 0 aromatic carbocycles. The van der Waals surface area contributed by atoms with E-state index < -0.39 is 0 Å². The van der Waals surface area contributed by atoms with Gasteiger partial charge in [0.1, 0.15) is 0 Å². The summed E-state index contributed by atoms with van der Waals surface area (Å²) in [6.07, 6.45) is 15.0. The summed E-state index contributed by atoms with van der Waals surface area (Å²) >= 11 is 0. The number of rotatable bonds is 9. The van der Waals surface area contributed by atoms with Gasteiger partial charge < -0.3 is 5.11 Å². The molecule has 0 heterocycles. The predicted molar refractivity (Wildman–Crippen MR) is 84.4 cm³/mol. The molecule has 114 valence electrons. The molecule has 1 aliphatic carbocycles. The van der Waals surface area contributed by atoms with E-state index in [1.807, 2.05) is 0 Å². The second-order valence-corrected chi connectivity index (χ2v) is 7.18. The lowest BCUT2D eigenvalue weighted by atomic mass is 9.73. The third-order valence-corrected chi connectivity index (χ3v) is 5.15. The fourth-order valence-corrected chi connectivity index (χ4v) is 3.51. The average molecular weight is 268 g/mol. The Bertz CT molecular complexity index is 214. The van der Waals surface area contributed by atoms with E-state index in [1.165, 1.54) is 57.8 Å². The molecule has 0 bridgehead atoms. The van der Waals surface area contributed by atoms with E-state index in [4.69, 9.17) is 0 Å². The van der Waals surface area contributed by atoms with Gasteiger partial charge in [0, 0.05) is 0 Å². The van der Waals surface area contributed by atoms with Crippen molar-refractivity contribution in [2.45, 2.75) is 103 Å². The molecule has 1 saturated carbocycles. The second-order valence-electron chi connectivity index (χ2n) is 7.18. The molecule has 1 aliphatic rings. The molecule has 0 atom stereocenters. The van der Waals surface area contributed by atoms with Gasteiger partial charge in [-0.05, 0) is 43.9 Å². The summed E-state index contributed by atoms with van der Waals surface area (Å²) in [7, 11) is 0. The molecule has 1 heteroatoms. The highest BCUT2D eigenvalue weighted by Crippen LogP contribution is 2.38. The Morgan fingerprint density at radius 1 is 0.947 bits per heavy atom. The van der Waals surface area contributed by atoms with E-state index in [1.54, 1.807) is 0 Å². The summed E-state index contributed by atoms with van der Waals surface area (Å²) in [5.74, 6) is 1.65. The van der Waals surface area contributed by atoms with Crippen LogP contribution in [0.15, 0.2) is 0 Å². The molecule has 19 heavy (non-hydrogen) atoms. The van der Waals surface area contributed by atoms with Crippen molar-refractivity contribution in [2.24, 2.45) is 11.8 Å². The lowest BCUT2D eigenvalue weighted by Gasteiger charge is -2.37. The normalized spacial score (nSPS) is 27.9. The molecular weight excluding hydrogens is 232 g/mol. The van der Waals surface area contributed by atoms with E-state index in [0.717, 1.165) is 31.1 Å². The maximum absolute atomic E-state index is 10.6. The summed E-state index contributed by atoms with van der Waals surface area (Å²) < 4.78 is 0. The van der Waals surface area contributed by atoms with Crippen LogP contribution in [0.1, 0.15) is 97.8 Å². The Balaban J connectivity index is 2.06. The molecule has 0 aromatic rings. The maximum atomic E-state index is 10.6. The van der Waals surface area contributed by atoms with Crippen molar-refractivity contribution in [1.29, 1.82) is 0 Å². The monoisotopic (exact) mass is 268 g/mol. The molecule has 0 saturated heterocycles. The van der Waals surface area contributed by atoms with Gasteiger partial charge in [-0.3, -0.25) is 0 Å². The van der Waals surface area contributed by atoms with Gasteiger partial charge in [0.15, 0.2) is 0 Å². The van der Waals surface area contributed by atoms with Crippen LogP contribution >= 0.6 is 0 Å². The maximum Gasteiger partial charge on any atom is 0.0648 e. The minimum atomic E-state index is -0.311. The van der Waals surface area contributed by atoms with Gasteiger partial charge in [0.25, 0.3) is 0 Å². The van der Waals surface area contributed by atoms with E-state index in [2.05, 4.69) is 20.8 Å². The van der Waals surface area contributed by atoms with Gasteiger partial charge in [0.2, 0.25) is 0 Å². The largest absolute Gasteiger partial charge is 0.390 e. The van der Waals surface area contributed by atoms with E-state index >= 15 is 0 Å². The summed E-state index contributed by atoms with van der Waals surface area (Å²) in [6.45, 7) is 6.92. The highest BCUT2D eigenvalue weighted by molar-refractivity contribution is 4.86. The molecule has 0 unspecified atom stereocenters. The summed E-state index contributed by atoms with van der Waals surface area (Å²) in [5, 5.41) is 10.6. The first-order chi connectivity index (χ1) is 9.07. The van der Waals surface area contributed by atoms with Gasteiger partial charge in [-0.25, -0.2) is 0 Å². The smallest absolute Gasteiger partial charge is 0.0648 e. The van der Waals surface area contributed by atoms with Crippen LogP contribution in [0, 0.1) is 11.8 Å². The zero-order chi connectivity index (χ0) is 14.1. The zero-order valence-electron chi connectivity index (χ0n) is 13.6. The van der Waals surface area contributed by atoms with Crippen LogP contribution in [-0.2, 0) is 0 Å². The van der Waals surface area contributed by atoms with Crippen LogP contribution < -0.4 is 0 Å². The van der Waals surface area contributed by atoms with E-state index in [-0.39, 0.29) is 5.60 Å². The predicted octanol–water partition coefficient (Wildman–Crippen LogP) is 5.70. The molecule has 0 aromatic heterocycles. The number of hydrogen-bond donors (Lipinski definition) is 1. The van der Waals surface area contributed by atoms with Crippen molar-refractivity contribution in [2.75, 3.05) is 0 Å². The summed E-state index contributed by atoms with van der Waals surface area (Å²) in [6, 6.07) is 0. The first-order valence-corrected chi connectivity index (χ1v) is 8.80. The lowest BCUT2D eigenvalue weighted by molar-refractivity contribution is -0.0238. The molecule has 0 amide bonds. The average Bonchev–Trinajstić information content (AvgIpc) is 2.38. The highest BCUT2D eigenvalue weighted by Gasteiger charge is 2.33. The number of unbranched alkanes of at least 4 members (excludes halogenated alkanes) is 6. The van der Waals surface area contributed by atoms with Gasteiger partial charge in [-0.15, -0.1) is 0 Å². The summed E-state index contributed by atoms with van der Waals surface area (Å²) in [4.78, 5) is 0. The van der Waals surface area contributed by atoms with Crippen molar-refractivity contribution in [1.82, 2.24) is 0 Å². The first kappa shape index (κ1) is 17.0. The Morgan fingerprint density at radius 2 is 1.47 bits per heavy atom. The molecule has 1 rings (SSSR count). The van der Waals surface area contributed by atoms with Crippen molar-refractivity contribution in [3.63, 3.8) is 0 Å². The Kier molecular flexibility index (Phi) is 8.06. The topological polar surface area (TPSA) is 20.2 Å². The van der Waals surface area contributed by atoms with Crippen LogP contribution in [-0.4, -0.2) is 10.7 Å². The standard InChI is InChI=1S/C18H36O/c1-4-5-6-7-8-9-10-13-18(19)14-11-17(12-15-18)16(2)3/h16-17,19H,4-15H2,1-3H3. The van der Waals surface area contributed by atoms with Crippen molar-refractivity contribution >= 4 is 0 Å². The van der Waals surface area contributed by atoms with Gasteiger partial charge in [-0.1, -0.05) is 65.7 Å². The first-order valence-electron chi connectivity index (χ1n) is 8.80. The minimum absolute atomic E-state index is 0.311. The number of aliphatic hydroxyl groups is 1.